The summed E-state index contributed by atoms with van der Waals surface area (Å²) in [6, 6.07) is 4.92. The molecule has 0 spiro atoms. The summed E-state index contributed by atoms with van der Waals surface area (Å²) in [5, 5.41) is 9.32. The number of hydrogen-bond donors (Lipinski definition) is 2. The number of ketones is 1. The number of carbonyl (C=O) groups excluding carboxylic acids is 1. The third-order valence-electron chi connectivity index (χ3n) is 2.76. The maximum atomic E-state index is 11.1. The van der Waals surface area contributed by atoms with E-state index in [0.29, 0.717) is 18.5 Å². The van der Waals surface area contributed by atoms with Crippen LogP contribution in [0.3, 0.4) is 0 Å². The summed E-state index contributed by atoms with van der Waals surface area (Å²) < 4.78 is 0. The van der Waals surface area contributed by atoms with E-state index in [1.807, 2.05) is 0 Å². The Morgan fingerprint density at radius 2 is 2.21 bits per heavy atom. The lowest BCUT2D eigenvalue weighted by atomic mass is 9.96. The van der Waals surface area contributed by atoms with Crippen LogP contribution in [0.25, 0.3) is 0 Å². The molecule has 1 aliphatic carbocycles. The average molecular weight is 191 g/mol. The van der Waals surface area contributed by atoms with Gasteiger partial charge in [-0.1, -0.05) is 0 Å². The summed E-state index contributed by atoms with van der Waals surface area (Å²) in [5.41, 5.74) is 7.37. The smallest absolute Gasteiger partial charge is 0.133 e. The molecule has 3 heteroatoms. The standard InChI is InChI=1S/C11H13NO2/c12-11-4-3-9(14)6-10(11)7-1-2-8(13)5-7/h3-4,6-7,14H,1-2,5,12H2. The van der Waals surface area contributed by atoms with Crippen molar-refractivity contribution in [1.82, 2.24) is 0 Å². The second kappa shape index (κ2) is 3.33. The van der Waals surface area contributed by atoms with Gasteiger partial charge in [-0.3, -0.25) is 4.79 Å². The van der Waals surface area contributed by atoms with Crippen molar-refractivity contribution in [2.75, 3.05) is 5.73 Å². The zero-order valence-corrected chi connectivity index (χ0v) is 7.86. The number of nitrogen functional groups attached to an aromatic ring is 1. The van der Waals surface area contributed by atoms with E-state index in [-0.39, 0.29) is 17.5 Å². The lowest BCUT2D eigenvalue weighted by molar-refractivity contribution is -0.117. The number of phenolic OH excluding ortho intramolecular Hbond substituents is 1. The molecular formula is C11H13NO2. The topological polar surface area (TPSA) is 63.3 Å². The first-order valence-electron chi connectivity index (χ1n) is 4.77. The highest BCUT2D eigenvalue weighted by atomic mass is 16.3. The van der Waals surface area contributed by atoms with Crippen molar-refractivity contribution in [3.8, 4) is 5.75 Å². The van der Waals surface area contributed by atoms with Crippen molar-refractivity contribution >= 4 is 11.5 Å². The normalized spacial score (nSPS) is 21.4. The highest BCUT2D eigenvalue weighted by Crippen LogP contribution is 2.36. The Hall–Kier alpha value is -1.51. The van der Waals surface area contributed by atoms with Crippen molar-refractivity contribution in [1.29, 1.82) is 0 Å². The van der Waals surface area contributed by atoms with Crippen molar-refractivity contribution in [3.63, 3.8) is 0 Å². The van der Waals surface area contributed by atoms with Crippen molar-refractivity contribution in [2.24, 2.45) is 0 Å². The van der Waals surface area contributed by atoms with Crippen LogP contribution in [0.1, 0.15) is 30.7 Å². The highest BCUT2D eigenvalue weighted by molar-refractivity contribution is 5.82. The van der Waals surface area contributed by atoms with Crippen molar-refractivity contribution in [3.05, 3.63) is 23.8 Å². The second-order valence-corrected chi connectivity index (χ2v) is 3.79. The van der Waals surface area contributed by atoms with Gasteiger partial charge in [0.15, 0.2) is 0 Å². The Morgan fingerprint density at radius 3 is 2.86 bits per heavy atom. The maximum Gasteiger partial charge on any atom is 0.133 e. The van der Waals surface area contributed by atoms with Gasteiger partial charge >= 0.3 is 0 Å². The molecule has 0 bridgehead atoms. The Balaban J connectivity index is 2.31. The largest absolute Gasteiger partial charge is 0.508 e. The summed E-state index contributed by atoms with van der Waals surface area (Å²) in [7, 11) is 0. The third kappa shape index (κ3) is 1.58. The summed E-state index contributed by atoms with van der Waals surface area (Å²) in [6.45, 7) is 0. The first-order chi connectivity index (χ1) is 6.66. The van der Waals surface area contributed by atoms with Crippen LogP contribution >= 0.6 is 0 Å². The molecule has 1 aromatic rings. The van der Waals surface area contributed by atoms with E-state index < -0.39 is 0 Å². The minimum absolute atomic E-state index is 0.203. The predicted molar refractivity (Wildman–Crippen MR) is 54.1 cm³/mol. The molecule has 0 aromatic heterocycles. The minimum atomic E-state index is 0.203. The Labute approximate surface area is 82.5 Å². The van der Waals surface area contributed by atoms with Crippen LogP contribution in [0, 0.1) is 0 Å². The zero-order chi connectivity index (χ0) is 10.1. The average Bonchev–Trinajstić information content (AvgIpc) is 2.56. The van der Waals surface area contributed by atoms with Crippen LogP contribution < -0.4 is 5.73 Å². The van der Waals surface area contributed by atoms with Crippen LogP contribution in [0.2, 0.25) is 0 Å². The molecule has 0 amide bonds. The number of aromatic hydroxyl groups is 1. The summed E-state index contributed by atoms with van der Waals surface area (Å²) >= 11 is 0. The molecule has 2 rings (SSSR count). The van der Waals surface area contributed by atoms with E-state index in [1.54, 1.807) is 18.2 Å². The third-order valence-corrected chi connectivity index (χ3v) is 2.76. The molecule has 1 fully saturated rings. The molecule has 1 saturated carbocycles. The van der Waals surface area contributed by atoms with E-state index in [1.165, 1.54) is 0 Å². The van der Waals surface area contributed by atoms with E-state index in [0.717, 1.165) is 12.0 Å². The highest BCUT2D eigenvalue weighted by Gasteiger charge is 2.25. The molecule has 1 unspecified atom stereocenters. The molecule has 0 radical (unpaired) electrons. The van der Waals surface area contributed by atoms with Gasteiger partial charge in [0.05, 0.1) is 0 Å². The molecular weight excluding hydrogens is 178 g/mol. The van der Waals surface area contributed by atoms with E-state index >= 15 is 0 Å². The summed E-state index contributed by atoms with van der Waals surface area (Å²) in [6.07, 6.45) is 2.06. The fraction of sp³-hybridized carbons (Fsp3) is 0.364. The van der Waals surface area contributed by atoms with E-state index in [2.05, 4.69) is 0 Å². The predicted octanol–water partition coefficient (Wildman–Crippen LogP) is 1.81. The van der Waals surface area contributed by atoms with Gasteiger partial charge in [-0.05, 0) is 36.1 Å². The van der Waals surface area contributed by atoms with Crippen LogP contribution in [0.15, 0.2) is 18.2 Å². The number of Topliss-reactive ketones (excluding diaryl/α,β-unsaturated/α-hetero) is 1. The van der Waals surface area contributed by atoms with Crippen molar-refractivity contribution in [2.45, 2.75) is 25.2 Å². The van der Waals surface area contributed by atoms with Crippen LogP contribution in [-0.4, -0.2) is 10.9 Å². The quantitative estimate of drug-likeness (QED) is 0.525. The number of rotatable bonds is 1. The van der Waals surface area contributed by atoms with Gasteiger partial charge in [0.2, 0.25) is 0 Å². The van der Waals surface area contributed by atoms with Crippen LogP contribution in [0.4, 0.5) is 5.69 Å². The zero-order valence-electron chi connectivity index (χ0n) is 7.86. The van der Waals surface area contributed by atoms with Gasteiger partial charge < -0.3 is 10.8 Å². The second-order valence-electron chi connectivity index (χ2n) is 3.79. The van der Waals surface area contributed by atoms with Gasteiger partial charge in [0.1, 0.15) is 11.5 Å². The number of phenols is 1. The number of hydrogen-bond acceptors (Lipinski definition) is 3. The van der Waals surface area contributed by atoms with Gasteiger partial charge in [-0.25, -0.2) is 0 Å². The molecule has 0 aliphatic heterocycles. The minimum Gasteiger partial charge on any atom is -0.508 e. The summed E-state index contributed by atoms with van der Waals surface area (Å²) in [5.74, 6) is 0.709. The Kier molecular flexibility index (Phi) is 2.15. The molecule has 1 aliphatic rings. The lowest BCUT2D eigenvalue weighted by Crippen LogP contribution is -1.99. The number of nitrogens with two attached hydrogens (primary N) is 1. The summed E-state index contributed by atoms with van der Waals surface area (Å²) in [4.78, 5) is 11.1. The van der Waals surface area contributed by atoms with E-state index in [4.69, 9.17) is 5.73 Å². The Morgan fingerprint density at radius 1 is 1.43 bits per heavy atom. The number of carbonyl (C=O) groups is 1. The molecule has 1 atom stereocenters. The molecule has 0 heterocycles. The molecule has 3 nitrogen and oxygen atoms in total. The SMILES string of the molecule is Nc1ccc(O)cc1C1CCC(=O)C1. The Bertz CT molecular complexity index is 374. The van der Waals surface area contributed by atoms with Gasteiger partial charge in [-0.2, -0.15) is 0 Å². The van der Waals surface area contributed by atoms with Gasteiger partial charge in [-0.15, -0.1) is 0 Å². The van der Waals surface area contributed by atoms with Crippen LogP contribution in [-0.2, 0) is 4.79 Å². The maximum absolute atomic E-state index is 11.1. The monoisotopic (exact) mass is 191 g/mol. The fourth-order valence-electron chi connectivity index (χ4n) is 2.00. The van der Waals surface area contributed by atoms with Gasteiger partial charge in [0, 0.05) is 18.5 Å². The fourth-order valence-corrected chi connectivity index (χ4v) is 2.00. The first-order valence-corrected chi connectivity index (χ1v) is 4.77. The molecule has 74 valence electrons. The molecule has 1 aromatic carbocycles. The number of anilines is 1. The first kappa shape index (κ1) is 9.06. The molecule has 14 heavy (non-hydrogen) atoms. The van der Waals surface area contributed by atoms with Crippen LogP contribution in [0.5, 0.6) is 5.75 Å². The number of benzene rings is 1. The molecule has 0 saturated heterocycles. The molecule has 3 N–H and O–H groups in total. The lowest BCUT2D eigenvalue weighted by Gasteiger charge is -2.11. The van der Waals surface area contributed by atoms with Gasteiger partial charge in [0.25, 0.3) is 0 Å². The van der Waals surface area contributed by atoms with Crippen molar-refractivity contribution < 1.29 is 9.90 Å². The van der Waals surface area contributed by atoms with E-state index in [9.17, 15) is 9.90 Å².